The maximum Gasteiger partial charge on any atom is 0.321 e. The van der Waals surface area contributed by atoms with Gasteiger partial charge in [-0.2, -0.15) is 0 Å². The third-order valence-electron chi connectivity index (χ3n) is 5.24. The summed E-state index contributed by atoms with van der Waals surface area (Å²) in [7, 11) is 0. The number of urea groups is 1. The van der Waals surface area contributed by atoms with Gasteiger partial charge in [-0.05, 0) is 30.2 Å². The van der Waals surface area contributed by atoms with Crippen molar-refractivity contribution in [1.82, 2.24) is 4.90 Å². The maximum absolute atomic E-state index is 12.8. The number of carbonyl (C=O) groups is 1. The SMILES string of the molecule is Cc1ccc(NC(=O)N2CCC3(CC2)OCCO3)c(OCc2ccccc2)c1. The zero-order chi connectivity index (χ0) is 19.4. The Labute approximate surface area is 165 Å². The van der Waals surface area contributed by atoms with Crippen LogP contribution in [0.3, 0.4) is 0 Å². The van der Waals surface area contributed by atoms with Gasteiger partial charge < -0.3 is 24.4 Å². The molecule has 2 heterocycles. The lowest BCUT2D eigenvalue weighted by Gasteiger charge is -2.37. The summed E-state index contributed by atoms with van der Waals surface area (Å²) in [5, 5.41) is 3.00. The molecule has 0 saturated carbocycles. The average Bonchev–Trinajstić information content (AvgIpc) is 3.17. The van der Waals surface area contributed by atoms with Crippen LogP contribution in [0, 0.1) is 6.92 Å². The summed E-state index contributed by atoms with van der Waals surface area (Å²) < 4.78 is 17.5. The van der Waals surface area contributed by atoms with Crippen LogP contribution in [0.4, 0.5) is 10.5 Å². The third kappa shape index (κ3) is 4.29. The highest BCUT2D eigenvalue weighted by Gasteiger charge is 2.40. The van der Waals surface area contributed by atoms with Crippen LogP contribution in [-0.4, -0.2) is 43.0 Å². The van der Waals surface area contributed by atoms with E-state index in [1.807, 2.05) is 55.5 Å². The summed E-state index contributed by atoms with van der Waals surface area (Å²) in [4.78, 5) is 14.6. The van der Waals surface area contributed by atoms with Crippen molar-refractivity contribution in [1.29, 1.82) is 0 Å². The Hall–Kier alpha value is -2.57. The number of aryl methyl sites for hydroxylation is 1. The Kier molecular flexibility index (Phi) is 5.50. The number of nitrogens with one attached hydrogen (secondary N) is 1. The van der Waals surface area contributed by atoms with Gasteiger partial charge in [0.15, 0.2) is 5.79 Å². The zero-order valence-corrected chi connectivity index (χ0v) is 16.1. The van der Waals surface area contributed by atoms with E-state index in [-0.39, 0.29) is 6.03 Å². The van der Waals surface area contributed by atoms with E-state index in [9.17, 15) is 4.79 Å². The van der Waals surface area contributed by atoms with E-state index >= 15 is 0 Å². The lowest BCUT2D eigenvalue weighted by molar-refractivity contribution is -0.181. The predicted molar refractivity (Wildman–Crippen MR) is 106 cm³/mol. The van der Waals surface area contributed by atoms with Crippen molar-refractivity contribution in [2.24, 2.45) is 0 Å². The monoisotopic (exact) mass is 382 g/mol. The Balaban J connectivity index is 1.39. The van der Waals surface area contributed by atoms with Gasteiger partial charge >= 0.3 is 6.03 Å². The number of rotatable bonds is 4. The molecule has 148 valence electrons. The molecule has 6 nitrogen and oxygen atoms in total. The second-order valence-corrected chi connectivity index (χ2v) is 7.30. The Morgan fingerprint density at radius 2 is 1.82 bits per heavy atom. The first-order valence-electron chi connectivity index (χ1n) is 9.75. The molecule has 2 saturated heterocycles. The minimum Gasteiger partial charge on any atom is -0.487 e. The van der Waals surface area contributed by atoms with Crippen LogP contribution in [0.15, 0.2) is 48.5 Å². The van der Waals surface area contributed by atoms with E-state index in [0.29, 0.717) is 57.2 Å². The molecule has 0 aromatic heterocycles. The first kappa shape index (κ1) is 18.8. The number of amides is 2. The van der Waals surface area contributed by atoms with E-state index < -0.39 is 5.79 Å². The Morgan fingerprint density at radius 3 is 2.54 bits per heavy atom. The molecule has 0 radical (unpaired) electrons. The molecule has 2 aromatic rings. The van der Waals surface area contributed by atoms with Gasteiger partial charge in [-0.25, -0.2) is 4.79 Å². The van der Waals surface area contributed by atoms with Crippen LogP contribution in [0.5, 0.6) is 5.75 Å². The summed E-state index contributed by atoms with van der Waals surface area (Å²) in [6.45, 7) is 4.95. The van der Waals surface area contributed by atoms with Crippen molar-refractivity contribution in [2.45, 2.75) is 32.2 Å². The molecule has 6 heteroatoms. The highest BCUT2D eigenvalue weighted by Crippen LogP contribution is 2.32. The summed E-state index contributed by atoms with van der Waals surface area (Å²) in [6, 6.07) is 15.7. The topological polar surface area (TPSA) is 60.0 Å². The molecule has 28 heavy (non-hydrogen) atoms. The van der Waals surface area contributed by atoms with E-state index in [2.05, 4.69) is 5.32 Å². The van der Waals surface area contributed by atoms with E-state index in [4.69, 9.17) is 14.2 Å². The molecule has 0 atom stereocenters. The molecule has 0 bridgehead atoms. The van der Waals surface area contributed by atoms with Gasteiger partial charge in [-0.15, -0.1) is 0 Å². The number of benzene rings is 2. The molecular weight excluding hydrogens is 356 g/mol. The fourth-order valence-electron chi connectivity index (χ4n) is 3.62. The molecule has 2 fully saturated rings. The molecule has 1 spiro atoms. The van der Waals surface area contributed by atoms with Crippen molar-refractivity contribution in [3.63, 3.8) is 0 Å². The Morgan fingerprint density at radius 1 is 1.11 bits per heavy atom. The number of hydrogen-bond donors (Lipinski definition) is 1. The molecule has 4 rings (SSSR count). The van der Waals surface area contributed by atoms with Crippen LogP contribution in [0.2, 0.25) is 0 Å². The van der Waals surface area contributed by atoms with Gasteiger partial charge in [0.1, 0.15) is 12.4 Å². The first-order chi connectivity index (χ1) is 13.6. The smallest absolute Gasteiger partial charge is 0.321 e. The summed E-state index contributed by atoms with van der Waals surface area (Å²) in [5.41, 5.74) is 2.84. The van der Waals surface area contributed by atoms with Gasteiger partial charge in [-0.1, -0.05) is 36.4 Å². The largest absolute Gasteiger partial charge is 0.487 e. The second-order valence-electron chi connectivity index (χ2n) is 7.30. The quantitative estimate of drug-likeness (QED) is 0.870. The number of ether oxygens (including phenoxy) is 3. The van der Waals surface area contributed by atoms with Crippen LogP contribution in [0.1, 0.15) is 24.0 Å². The van der Waals surface area contributed by atoms with Crippen molar-refractivity contribution < 1.29 is 19.0 Å². The predicted octanol–water partition coefficient (Wildman–Crippen LogP) is 3.94. The molecule has 2 amide bonds. The molecule has 0 unspecified atom stereocenters. The van der Waals surface area contributed by atoms with Crippen LogP contribution >= 0.6 is 0 Å². The molecular formula is C22H26N2O4. The first-order valence-corrected chi connectivity index (χ1v) is 9.75. The summed E-state index contributed by atoms with van der Waals surface area (Å²) in [6.07, 6.45) is 1.40. The van der Waals surface area contributed by atoms with Crippen molar-refractivity contribution in [2.75, 3.05) is 31.6 Å². The highest BCUT2D eigenvalue weighted by atomic mass is 16.7. The summed E-state index contributed by atoms with van der Waals surface area (Å²) in [5.74, 6) is 0.193. The lowest BCUT2D eigenvalue weighted by atomic mass is 10.0. The van der Waals surface area contributed by atoms with Gasteiger partial charge in [0, 0.05) is 25.9 Å². The third-order valence-corrected chi connectivity index (χ3v) is 5.24. The molecule has 1 N–H and O–H groups in total. The minimum atomic E-state index is -0.482. The molecule has 2 aromatic carbocycles. The second kappa shape index (κ2) is 8.20. The molecule has 2 aliphatic rings. The van der Waals surface area contributed by atoms with Gasteiger partial charge in [0.05, 0.1) is 18.9 Å². The number of carbonyl (C=O) groups excluding carboxylic acids is 1. The van der Waals surface area contributed by atoms with Gasteiger partial charge in [-0.3, -0.25) is 0 Å². The number of piperidine rings is 1. The normalized spacial score (nSPS) is 18.2. The lowest BCUT2D eigenvalue weighted by Crippen LogP contribution is -2.48. The van der Waals surface area contributed by atoms with E-state index in [1.165, 1.54) is 0 Å². The van der Waals surface area contributed by atoms with E-state index in [1.54, 1.807) is 4.90 Å². The maximum atomic E-state index is 12.8. The fraction of sp³-hybridized carbons (Fsp3) is 0.409. The fourth-order valence-corrected chi connectivity index (χ4v) is 3.62. The van der Waals surface area contributed by atoms with Crippen LogP contribution < -0.4 is 10.1 Å². The Bertz CT molecular complexity index is 809. The zero-order valence-electron chi connectivity index (χ0n) is 16.1. The molecule has 2 aliphatic heterocycles. The average molecular weight is 382 g/mol. The number of hydrogen-bond acceptors (Lipinski definition) is 4. The van der Waals surface area contributed by atoms with Gasteiger partial charge in [0.2, 0.25) is 0 Å². The van der Waals surface area contributed by atoms with Crippen LogP contribution in [0.25, 0.3) is 0 Å². The van der Waals surface area contributed by atoms with Gasteiger partial charge in [0.25, 0.3) is 0 Å². The standard InChI is InChI=1S/C22H26N2O4/c1-17-7-8-19(20(15-17)26-16-18-5-3-2-4-6-18)23-21(25)24-11-9-22(10-12-24)27-13-14-28-22/h2-8,15H,9-14,16H2,1H3,(H,23,25). The van der Waals surface area contributed by atoms with Crippen molar-refractivity contribution in [3.05, 3.63) is 59.7 Å². The molecule has 0 aliphatic carbocycles. The summed E-state index contributed by atoms with van der Waals surface area (Å²) >= 11 is 0. The van der Waals surface area contributed by atoms with Crippen molar-refractivity contribution in [3.8, 4) is 5.75 Å². The highest BCUT2D eigenvalue weighted by molar-refractivity contribution is 5.91. The van der Waals surface area contributed by atoms with E-state index in [0.717, 1.165) is 11.1 Å². The van der Waals surface area contributed by atoms with Crippen molar-refractivity contribution >= 4 is 11.7 Å². The van der Waals surface area contributed by atoms with Crippen LogP contribution in [-0.2, 0) is 16.1 Å². The number of anilines is 1. The number of nitrogens with zero attached hydrogens (tertiary/aromatic N) is 1. The minimum absolute atomic E-state index is 0.124. The number of likely N-dealkylation sites (tertiary alicyclic amines) is 1.